The average Bonchev–Trinajstić information content (AvgIpc) is 2.73. The lowest BCUT2D eigenvalue weighted by atomic mass is 9.95. The number of benzene rings is 2. The van der Waals surface area contributed by atoms with Crippen molar-refractivity contribution in [2.45, 2.75) is 19.4 Å². The van der Waals surface area contributed by atoms with Crippen LogP contribution >= 0.6 is 22.6 Å². The summed E-state index contributed by atoms with van der Waals surface area (Å²) in [6.45, 7) is 1.79. The summed E-state index contributed by atoms with van der Waals surface area (Å²) in [5.74, 6) is 0.105. The van der Waals surface area contributed by atoms with Crippen LogP contribution in [0.2, 0.25) is 0 Å². The topological polar surface area (TPSA) is 52.7 Å². The average molecular weight is 491 g/mol. The molecule has 5 nitrogen and oxygen atoms in total. The molecular weight excluding hydrogens is 465 g/mol. The Kier molecular flexibility index (Phi) is 6.93. The minimum atomic E-state index is -0.0241. The van der Waals surface area contributed by atoms with Crippen LogP contribution in [0.1, 0.15) is 28.8 Å². The zero-order chi connectivity index (χ0) is 20.1. The molecule has 0 radical (unpaired) electrons. The molecule has 1 heterocycles. The van der Waals surface area contributed by atoms with Crippen molar-refractivity contribution in [1.29, 1.82) is 0 Å². The largest absolute Gasteiger partial charge is 0.378 e. The third-order valence-corrected chi connectivity index (χ3v) is 5.88. The summed E-state index contributed by atoms with van der Waals surface area (Å²) in [6, 6.07) is 15.8. The van der Waals surface area contributed by atoms with Gasteiger partial charge in [0.25, 0.3) is 5.91 Å². The molecule has 1 saturated heterocycles. The number of amides is 2. The first-order chi connectivity index (χ1) is 13.4. The van der Waals surface area contributed by atoms with E-state index in [-0.39, 0.29) is 17.7 Å². The molecule has 6 heteroatoms. The predicted octanol–water partition coefficient (Wildman–Crippen LogP) is 3.53. The van der Waals surface area contributed by atoms with Gasteiger partial charge in [0.1, 0.15) is 0 Å². The molecule has 0 saturated carbocycles. The van der Waals surface area contributed by atoms with E-state index < -0.39 is 0 Å². The summed E-state index contributed by atoms with van der Waals surface area (Å²) in [7, 11) is 3.95. The van der Waals surface area contributed by atoms with Crippen LogP contribution in [0.4, 0.5) is 5.69 Å². The Bertz CT molecular complexity index is 811. The molecule has 2 amide bonds. The van der Waals surface area contributed by atoms with Gasteiger partial charge in [-0.15, -0.1) is 0 Å². The van der Waals surface area contributed by atoms with Crippen LogP contribution in [0.5, 0.6) is 0 Å². The Morgan fingerprint density at radius 1 is 1.04 bits per heavy atom. The number of rotatable bonds is 5. The number of hydrogen-bond donors (Lipinski definition) is 1. The van der Waals surface area contributed by atoms with Gasteiger partial charge in [0.05, 0.1) is 0 Å². The second kappa shape index (κ2) is 9.41. The Labute approximate surface area is 180 Å². The highest BCUT2D eigenvalue weighted by molar-refractivity contribution is 14.1. The molecule has 0 atom stereocenters. The number of hydrogen-bond acceptors (Lipinski definition) is 3. The summed E-state index contributed by atoms with van der Waals surface area (Å²) in [5, 5.41) is 3.03. The van der Waals surface area contributed by atoms with E-state index in [1.165, 1.54) is 3.57 Å². The lowest BCUT2D eigenvalue weighted by molar-refractivity contribution is -0.126. The van der Waals surface area contributed by atoms with Gasteiger partial charge in [0.2, 0.25) is 5.91 Å². The van der Waals surface area contributed by atoms with Gasteiger partial charge in [-0.05, 0) is 77.4 Å². The third-order valence-electron chi connectivity index (χ3n) is 5.16. The molecular formula is C22H26IN3O2. The van der Waals surface area contributed by atoms with Crippen LogP contribution in [0.15, 0.2) is 48.5 Å². The van der Waals surface area contributed by atoms with E-state index in [0.29, 0.717) is 38.0 Å². The van der Waals surface area contributed by atoms with Crippen molar-refractivity contribution < 1.29 is 9.59 Å². The molecule has 0 bridgehead atoms. The maximum Gasteiger partial charge on any atom is 0.253 e. The SMILES string of the molecule is CN(C)c1ccc(C(=O)N2CCC(C(=O)NCc3ccc(I)cc3)CC2)cc1. The molecule has 0 aliphatic carbocycles. The minimum Gasteiger partial charge on any atom is -0.378 e. The molecule has 1 aliphatic rings. The zero-order valence-electron chi connectivity index (χ0n) is 16.3. The number of carbonyl (C=O) groups excluding carboxylic acids is 2. The fourth-order valence-electron chi connectivity index (χ4n) is 3.37. The van der Waals surface area contributed by atoms with Crippen molar-refractivity contribution in [1.82, 2.24) is 10.2 Å². The number of piperidine rings is 1. The van der Waals surface area contributed by atoms with E-state index in [1.807, 2.05) is 72.4 Å². The number of nitrogens with zero attached hydrogens (tertiary/aromatic N) is 2. The second-order valence-electron chi connectivity index (χ2n) is 7.35. The standard InChI is InChI=1S/C22H26IN3O2/c1-25(2)20-9-5-18(6-10-20)22(28)26-13-11-17(12-14-26)21(27)24-15-16-3-7-19(23)8-4-16/h3-10,17H,11-15H2,1-2H3,(H,24,27). The smallest absolute Gasteiger partial charge is 0.253 e. The highest BCUT2D eigenvalue weighted by atomic mass is 127. The maximum atomic E-state index is 12.7. The highest BCUT2D eigenvalue weighted by Gasteiger charge is 2.27. The van der Waals surface area contributed by atoms with Crippen LogP contribution < -0.4 is 10.2 Å². The Balaban J connectivity index is 1.48. The normalized spacial score (nSPS) is 14.6. The number of carbonyl (C=O) groups is 2. The van der Waals surface area contributed by atoms with Gasteiger partial charge in [-0.25, -0.2) is 0 Å². The molecule has 1 N–H and O–H groups in total. The van der Waals surface area contributed by atoms with E-state index in [0.717, 1.165) is 11.3 Å². The molecule has 0 aromatic heterocycles. The van der Waals surface area contributed by atoms with Gasteiger partial charge < -0.3 is 15.1 Å². The predicted molar refractivity (Wildman–Crippen MR) is 120 cm³/mol. The number of halogens is 1. The highest BCUT2D eigenvalue weighted by Crippen LogP contribution is 2.21. The fraction of sp³-hybridized carbons (Fsp3) is 0.364. The monoisotopic (exact) mass is 491 g/mol. The number of nitrogens with one attached hydrogen (secondary N) is 1. The summed E-state index contributed by atoms with van der Waals surface area (Å²) >= 11 is 2.27. The molecule has 28 heavy (non-hydrogen) atoms. The van der Waals surface area contributed by atoms with Crippen molar-refractivity contribution >= 4 is 40.1 Å². The van der Waals surface area contributed by atoms with Crippen molar-refractivity contribution in [2.75, 3.05) is 32.1 Å². The van der Waals surface area contributed by atoms with E-state index in [4.69, 9.17) is 0 Å². The molecule has 0 unspecified atom stereocenters. The Morgan fingerprint density at radius 2 is 1.64 bits per heavy atom. The van der Waals surface area contributed by atoms with E-state index in [1.54, 1.807) is 0 Å². The van der Waals surface area contributed by atoms with Crippen LogP contribution in [0, 0.1) is 9.49 Å². The third kappa shape index (κ3) is 5.25. The Morgan fingerprint density at radius 3 is 2.21 bits per heavy atom. The van der Waals surface area contributed by atoms with Crippen LogP contribution in [-0.2, 0) is 11.3 Å². The first-order valence-corrected chi connectivity index (χ1v) is 10.6. The lowest BCUT2D eigenvalue weighted by Crippen LogP contribution is -2.42. The molecule has 0 spiro atoms. The number of likely N-dealkylation sites (tertiary alicyclic amines) is 1. The van der Waals surface area contributed by atoms with E-state index in [2.05, 4.69) is 27.9 Å². The molecule has 148 valence electrons. The van der Waals surface area contributed by atoms with Gasteiger partial charge >= 0.3 is 0 Å². The van der Waals surface area contributed by atoms with Crippen molar-refractivity contribution in [3.05, 3.63) is 63.2 Å². The van der Waals surface area contributed by atoms with E-state index >= 15 is 0 Å². The number of anilines is 1. The molecule has 2 aromatic carbocycles. The summed E-state index contributed by atoms with van der Waals surface area (Å²) in [4.78, 5) is 29.0. The van der Waals surface area contributed by atoms with Crippen molar-refractivity contribution in [3.8, 4) is 0 Å². The van der Waals surface area contributed by atoms with Gasteiger partial charge in [0.15, 0.2) is 0 Å². The fourth-order valence-corrected chi connectivity index (χ4v) is 3.72. The first kappa shape index (κ1) is 20.6. The Hall–Kier alpha value is -2.09. The summed E-state index contributed by atoms with van der Waals surface area (Å²) in [5.41, 5.74) is 2.87. The maximum absolute atomic E-state index is 12.7. The zero-order valence-corrected chi connectivity index (χ0v) is 18.5. The summed E-state index contributed by atoms with van der Waals surface area (Å²) in [6.07, 6.45) is 1.42. The van der Waals surface area contributed by atoms with Gasteiger partial charge in [0, 0.05) is 54.5 Å². The first-order valence-electron chi connectivity index (χ1n) is 9.53. The lowest BCUT2D eigenvalue weighted by Gasteiger charge is -2.31. The molecule has 2 aromatic rings. The second-order valence-corrected chi connectivity index (χ2v) is 8.60. The molecule has 1 fully saturated rings. The van der Waals surface area contributed by atoms with Crippen molar-refractivity contribution in [3.63, 3.8) is 0 Å². The minimum absolute atomic E-state index is 0.0241. The van der Waals surface area contributed by atoms with Crippen LogP contribution in [0.3, 0.4) is 0 Å². The van der Waals surface area contributed by atoms with Crippen molar-refractivity contribution in [2.24, 2.45) is 5.92 Å². The summed E-state index contributed by atoms with van der Waals surface area (Å²) < 4.78 is 1.18. The van der Waals surface area contributed by atoms with Gasteiger partial charge in [-0.2, -0.15) is 0 Å². The van der Waals surface area contributed by atoms with Crippen LogP contribution in [-0.4, -0.2) is 43.9 Å². The van der Waals surface area contributed by atoms with Gasteiger partial charge in [-0.3, -0.25) is 9.59 Å². The van der Waals surface area contributed by atoms with Crippen LogP contribution in [0.25, 0.3) is 0 Å². The molecule has 1 aliphatic heterocycles. The quantitative estimate of drug-likeness (QED) is 0.652. The van der Waals surface area contributed by atoms with E-state index in [9.17, 15) is 9.59 Å². The molecule has 3 rings (SSSR count). The van der Waals surface area contributed by atoms with Gasteiger partial charge in [-0.1, -0.05) is 12.1 Å².